The normalized spacial score (nSPS) is 11.1. The summed E-state index contributed by atoms with van der Waals surface area (Å²) in [5, 5.41) is 4.80. The van der Waals surface area contributed by atoms with E-state index in [9.17, 15) is 8.78 Å². The van der Waals surface area contributed by atoms with Crippen LogP contribution < -0.4 is 5.32 Å². The van der Waals surface area contributed by atoms with Gasteiger partial charge in [-0.15, -0.1) is 0 Å². The number of hydrogen-bond donors (Lipinski definition) is 1. The van der Waals surface area contributed by atoms with E-state index in [-0.39, 0.29) is 0 Å². The quantitative estimate of drug-likeness (QED) is 0.392. The summed E-state index contributed by atoms with van der Waals surface area (Å²) < 4.78 is 30.7. The second-order valence-corrected chi connectivity index (χ2v) is 7.49. The van der Waals surface area contributed by atoms with E-state index in [4.69, 9.17) is 16.6 Å². The Morgan fingerprint density at radius 3 is 2.56 bits per heavy atom. The Bertz CT molecular complexity index is 925. The maximum absolute atomic E-state index is 12.4. The lowest BCUT2D eigenvalue weighted by molar-refractivity contribution is 0.252. The molecule has 142 valence electrons. The fourth-order valence-corrected chi connectivity index (χ4v) is 3.54. The number of halogens is 2. The van der Waals surface area contributed by atoms with Gasteiger partial charge in [0.25, 0.3) is 5.76 Å². The summed E-state index contributed by atoms with van der Waals surface area (Å²) in [5.41, 5.74) is 2.77. The zero-order valence-corrected chi connectivity index (χ0v) is 16.7. The van der Waals surface area contributed by atoms with Crippen LogP contribution in [0.15, 0.2) is 57.8 Å². The van der Waals surface area contributed by atoms with Crippen LogP contribution in [0.25, 0.3) is 11.0 Å². The van der Waals surface area contributed by atoms with Crippen LogP contribution in [0.3, 0.4) is 0 Å². The number of furan rings is 1. The van der Waals surface area contributed by atoms with Gasteiger partial charge in [0, 0.05) is 41.5 Å². The summed E-state index contributed by atoms with van der Waals surface area (Å²) in [4.78, 5) is 2.46. The third-order valence-corrected chi connectivity index (χ3v) is 5.31. The average molecular weight is 407 g/mol. The second-order valence-electron chi connectivity index (χ2n) is 6.04. The van der Waals surface area contributed by atoms with Gasteiger partial charge in [0.2, 0.25) is 0 Å². The van der Waals surface area contributed by atoms with Gasteiger partial charge in [-0.25, -0.2) is 0 Å². The Balaban J connectivity index is 1.69. The lowest BCUT2D eigenvalue weighted by atomic mass is 10.1. The van der Waals surface area contributed by atoms with Crippen molar-refractivity contribution in [1.29, 1.82) is 0 Å². The van der Waals surface area contributed by atoms with Crippen molar-refractivity contribution >= 4 is 45.7 Å². The Kier molecular flexibility index (Phi) is 6.34. The molecule has 0 fully saturated rings. The molecule has 0 aliphatic carbocycles. The van der Waals surface area contributed by atoms with Crippen molar-refractivity contribution in [2.24, 2.45) is 0 Å². The second kappa shape index (κ2) is 8.71. The predicted octanol–water partition coefficient (Wildman–Crippen LogP) is 6.14. The molecule has 0 bridgehead atoms. The summed E-state index contributed by atoms with van der Waals surface area (Å²) >= 11 is 6.02. The molecule has 27 heavy (non-hydrogen) atoms. The molecule has 3 aromatic rings. The molecule has 0 unspecified atom stereocenters. The maximum Gasteiger partial charge on any atom is 0.288 e. The standard InChI is InChI=1S/C20H20F2N2OS2/c1-3-17-16(15-6-4-5-7-18(15)25-17)12-24(2)20(26)23-13-8-10-14(11-9-13)27-19(21)22/h4-11,19H,3,12H2,1-2H3,(H,23,26). The van der Waals surface area contributed by atoms with Gasteiger partial charge in [0.15, 0.2) is 5.11 Å². The van der Waals surface area contributed by atoms with E-state index in [2.05, 4.69) is 18.3 Å². The lowest BCUT2D eigenvalue weighted by Crippen LogP contribution is -2.30. The topological polar surface area (TPSA) is 28.4 Å². The number of nitrogens with zero attached hydrogens (tertiary/aromatic N) is 1. The molecular formula is C20H20F2N2OS2. The van der Waals surface area contributed by atoms with Crippen molar-refractivity contribution in [3.05, 3.63) is 59.9 Å². The van der Waals surface area contributed by atoms with E-state index < -0.39 is 5.76 Å². The van der Waals surface area contributed by atoms with E-state index in [0.717, 1.165) is 34.4 Å². The van der Waals surface area contributed by atoms with E-state index in [1.807, 2.05) is 30.1 Å². The Morgan fingerprint density at radius 2 is 1.89 bits per heavy atom. The molecule has 0 amide bonds. The molecule has 0 radical (unpaired) electrons. The van der Waals surface area contributed by atoms with E-state index >= 15 is 0 Å². The van der Waals surface area contributed by atoms with Crippen molar-refractivity contribution in [2.75, 3.05) is 12.4 Å². The highest BCUT2D eigenvalue weighted by Gasteiger charge is 2.16. The highest BCUT2D eigenvalue weighted by molar-refractivity contribution is 7.99. The zero-order chi connectivity index (χ0) is 19.4. The summed E-state index contributed by atoms with van der Waals surface area (Å²) in [7, 11) is 1.91. The van der Waals surface area contributed by atoms with Gasteiger partial charge in [-0.3, -0.25) is 0 Å². The molecule has 1 aromatic heterocycles. The van der Waals surface area contributed by atoms with E-state index in [0.29, 0.717) is 28.3 Å². The van der Waals surface area contributed by atoms with Gasteiger partial charge >= 0.3 is 0 Å². The van der Waals surface area contributed by atoms with Gasteiger partial charge in [0.1, 0.15) is 11.3 Å². The largest absolute Gasteiger partial charge is 0.461 e. The van der Waals surface area contributed by atoms with Crippen molar-refractivity contribution in [2.45, 2.75) is 30.5 Å². The first-order chi connectivity index (χ1) is 13.0. The molecule has 0 saturated carbocycles. The molecule has 0 aliphatic heterocycles. The van der Waals surface area contributed by atoms with E-state index in [1.54, 1.807) is 24.3 Å². The minimum absolute atomic E-state index is 0.521. The summed E-state index contributed by atoms with van der Waals surface area (Å²) in [5.74, 6) is -1.47. The van der Waals surface area contributed by atoms with Crippen molar-refractivity contribution in [3.8, 4) is 0 Å². The molecule has 2 aromatic carbocycles. The molecule has 1 N–H and O–H groups in total. The third kappa shape index (κ3) is 4.78. The minimum Gasteiger partial charge on any atom is -0.461 e. The number of para-hydroxylation sites is 1. The molecule has 0 saturated heterocycles. The monoisotopic (exact) mass is 406 g/mol. The van der Waals surface area contributed by atoms with E-state index in [1.165, 1.54) is 0 Å². The van der Waals surface area contributed by atoms with Gasteiger partial charge < -0.3 is 14.6 Å². The molecular weight excluding hydrogens is 386 g/mol. The first kappa shape index (κ1) is 19.6. The number of thioether (sulfide) groups is 1. The maximum atomic E-state index is 12.4. The first-order valence-corrected chi connectivity index (χ1v) is 9.83. The minimum atomic E-state index is -2.42. The molecule has 3 rings (SSSR count). The number of thiocarbonyl (C=S) groups is 1. The molecule has 0 atom stereocenters. The molecule has 3 nitrogen and oxygen atoms in total. The number of benzene rings is 2. The van der Waals surface area contributed by atoms with Crippen molar-refractivity contribution < 1.29 is 13.2 Å². The van der Waals surface area contributed by atoms with Crippen LogP contribution in [0.1, 0.15) is 18.2 Å². The van der Waals surface area contributed by atoms with Gasteiger partial charge in [-0.2, -0.15) is 8.78 Å². The number of fused-ring (bicyclic) bond motifs is 1. The lowest BCUT2D eigenvalue weighted by Gasteiger charge is -2.21. The molecule has 1 heterocycles. The number of alkyl halides is 2. The smallest absolute Gasteiger partial charge is 0.288 e. The summed E-state index contributed by atoms with van der Waals surface area (Å²) in [6, 6.07) is 14.8. The van der Waals surface area contributed by atoms with Gasteiger partial charge in [0.05, 0.1) is 0 Å². The molecule has 7 heteroatoms. The Morgan fingerprint density at radius 1 is 1.19 bits per heavy atom. The van der Waals surface area contributed by atoms with Crippen molar-refractivity contribution in [1.82, 2.24) is 4.90 Å². The van der Waals surface area contributed by atoms with Crippen LogP contribution >= 0.6 is 24.0 Å². The SMILES string of the molecule is CCc1oc2ccccc2c1CN(C)C(=S)Nc1ccc(SC(F)F)cc1. The number of rotatable bonds is 6. The Labute approximate surface area is 166 Å². The van der Waals surface area contributed by atoms with Crippen LogP contribution in [0.4, 0.5) is 14.5 Å². The number of nitrogens with one attached hydrogen (secondary N) is 1. The fraction of sp³-hybridized carbons (Fsp3) is 0.250. The van der Waals surface area contributed by atoms with Crippen LogP contribution in [0.2, 0.25) is 0 Å². The Hall–Kier alpha value is -2.12. The van der Waals surface area contributed by atoms with Gasteiger partial charge in [-0.05, 0) is 42.5 Å². The average Bonchev–Trinajstić information content (AvgIpc) is 3.00. The number of aryl methyl sites for hydroxylation is 1. The number of hydrogen-bond acceptors (Lipinski definition) is 3. The highest BCUT2D eigenvalue weighted by Crippen LogP contribution is 2.28. The third-order valence-electron chi connectivity index (χ3n) is 4.18. The number of anilines is 1. The van der Waals surface area contributed by atoms with Gasteiger partial charge in [-0.1, -0.05) is 36.9 Å². The molecule has 0 aliphatic rings. The van der Waals surface area contributed by atoms with Crippen LogP contribution in [-0.4, -0.2) is 22.8 Å². The molecule has 0 spiro atoms. The fourth-order valence-electron chi connectivity index (χ4n) is 2.86. The van der Waals surface area contributed by atoms with Crippen LogP contribution in [-0.2, 0) is 13.0 Å². The van der Waals surface area contributed by atoms with Crippen molar-refractivity contribution in [3.63, 3.8) is 0 Å². The summed E-state index contributed by atoms with van der Waals surface area (Å²) in [6.07, 6.45) is 0.807. The predicted molar refractivity (Wildman–Crippen MR) is 112 cm³/mol. The van der Waals surface area contributed by atoms with Crippen LogP contribution in [0, 0.1) is 0 Å². The zero-order valence-electron chi connectivity index (χ0n) is 15.0. The summed E-state index contributed by atoms with van der Waals surface area (Å²) in [6.45, 7) is 2.68. The first-order valence-electron chi connectivity index (χ1n) is 8.54. The van der Waals surface area contributed by atoms with Crippen LogP contribution in [0.5, 0.6) is 0 Å². The highest BCUT2D eigenvalue weighted by atomic mass is 32.2.